The highest BCUT2D eigenvalue weighted by atomic mass is 32.1. The van der Waals surface area contributed by atoms with Crippen molar-refractivity contribution < 1.29 is 0 Å². The normalized spacial score (nSPS) is 10.4. The van der Waals surface area contributed by atoms with E-state index in [2.05, 4.69) is 46.7 Å². The number of nitriles is 1. The SMILES string of the molecule is N#Cc1nc2ccc(NCCCc3ccccc3)cc2s1. The van der Waals surface area contributed by atoms with Crippen LogP contribution in [-0.2, 0) is 6.42 Å². The van der Waals surface area contributed by atoms with Crippen LogP contribution in [0.5, 0.6) is 0 Å². The van der Waals surface area contributed by atoms with Gasteiger partial charge in [-0.25, -0.2) is 4.98 Å². The third-order valence-electron chi connectivity index (χ3n) is 3.30. The third-order valence-corrected chi connectivity index (χ3v) is 4.22. The molecule has 0 spiro atoms. The highest BCUT2D eigenvalue weighted by Crippen LogP contribution is 2.24. The minimum Gasteiger partial charge on any atom is -0.385 e. The molecule has 2 aromatic carbocycles. The molecular formula is C17H15N3S. The highest BCUT2D eigenvalue weighted by molar-refractivity contribution is 7.19. The summed E-state index contributed by atoms with van der Waals surface area (Å²) in [5.41, 5.74) is 3.35. The minimum absolute atomic E-state index is 0.520. The van der Waals surface area contributed by atoms with Crippen molar-refractivity contribution in [2.45, 2.75) is 12.8 Å². The van der Waals surface area contributed by atoms with Gasteiger partial charge in [-0.3, -0.25) is 0 Å². The van der Waals surface area contributed by atoms with Crippen molar-refractivity contribution >= 4 is 27.2 Å². The van der Waals surface area contributed by atoms with E-state index in [0.29, 0.717) is 5.01 Å². The van der Waals surface area contributed by atoms with Crippen LogP contribution in [0.1, 0.15) is 17.0 Å². The number of benzene rings is 2. The van der Waals surface area contributed by atoms with Crippen LogP contribution in [0.25, 0.3) is 10.2 Å². The zero-order chi connectivity index (χ0) is 14.5. The first-order valence-electron chi connectivity index (χ1n) is 6.93. The van der Waals surface area contributed by atoms with Gasteiger partial charge < -0.3 is 5.32 Å². The van der Waals surface area contributed by atoms with Gasteiger partial charge in [-0.2, -0.15) is 5.26 Å². The number of fused-ring (bicyclic) bond motifs is 1. The molecule has 4 heteroatoms. The summed E-state index contributed by atoms with van der Waals surface area (Å²) < 4.78 is 1.06. The molecule has 3 aromatic rings. The van der Waals surface area contributed by atoms with Gasteiger partial charge in [-0.15, -0.1) is 11.3 Å². The Hall–Kier alpha value is -2.38. The monoisotopic (exact) mass is 293 g/mol. The number of hydrogen-bond acceptors (Lipinski definition) is 4. The van der Waals surface area contributed by atoms with Crippen LogP contribution in [0.4, 0.5) is 5.69 Å². The second-order valence-corrected chi connectivity index (χ2v) is 5.86. The van der Waals surface area contributed by atoms with Gasteiger partial charge in [0.25, 0.3) is 0 Å². The summed E-state index contributed by atoms with van der Waals surface area (Å²) >= 11 is 1.44. The van der Waals surface area contributed by atoms with E-state index in [1.54, 1.807) is 0 Å². The molecule has 0 bridgehead atoms. The summed E-state index contributed by atoms with van der Waals surface area (Å²) in [6.45, 7) is 0.935. The van der Waals surface area contributed by atoms with Crippen molar-refractivity contribution in [3.8, 4) is 6.07 Å². The van der Waals surface area contributed by atoms with E-state index in [1.165, 1.54) is 16.9 Å². The molecule has 1 aromatic heterocycles. The summed E-state index contributed by atoms with van der Waals surface area (Å²) in [7, 11) is 0. The molecule has 0 fully saturated rings. The molecule has 0 saturated carbocycles. The van der Waals surface area contributed by atoms with Crippen LogP contribution >= 0.6 is 11.3 Å². The fourth-order valence-corrected chi connectivity index (χ4v) is 3.05. The molecule has 1 N–H and O–H groups in total. The third kappa shape index (κ3) is 3.39. The van der Waals surface area contributed by atoms with Gasteiger partial charge in [0.05, 0.1) is 10.2 Å². The number of hydrogen-bond donors (Lipinski definition) is 1. The molecule has 0 unspecified atom stereocenters. The maximum Gasteiger partial charge on any atom is 0.195 e. The number of rotatable bonds is 5. The molecule has 0 amide bonds. The van der Waals surface area contributed by atoms with E-state index in [1.807, 2.05) is 18.2 Å². The van der Waals surface area contributed by atoms with Crippen molar-refractivity contribution in [3.05, 3.63) is 59.1 Å². The van der Waals surface area contributed by atoms with E-state index >= 15 is 0 Å². The van der Waals surface area contributed by atoms with Gasteiger partial charge in [-0.1, -0.05) is 30.3 Å². The molecule has 1 heterocycles. The maximum atomic E-state index is 8.87. The Balaban J connectivity index is 1.57. The Bertz CT molecular complexity index is 772. The zero-order valence-corrected chi connectivity index (χ0v) is 12.4. The van der Waals surface area contributed by atoms with Crippen LogP contribution in [0, 0.1) is 11.3 Å². The summed E-state index contributed by atoms with van der Waals surface area (Å²) in [6.07, 6.45) is 2.17. The summed E-state index contributed by atoms with van der Waals surface area (Å²) in [5.74, 6) is 0. The molecule has 0 aliphatic carbocycles. The molecular weight excluding hydrogens is 278 g/mol. The van der Waals surface area contributed by atoms with Crippen LogP contribution < -0.4 is 5.32 Å². The number of anilines is 1. The van der Waals surface area contributed by atoms with Crippen LogP contribution in [0.15, 0.2) is 48.5 Å². The van der Waals surface area contributed by atoms with Gasteiger partial charge in [0.2, 0.25) is 0 Å². The fraction of sp³-hybridized carbons (Fsp3) is 0.176. The molecule has 0 aliphatic heterocycles. The first-order chi connectivity index (χ1) is 10.3. The first kappa shape index (κ1) is 13.6. The van der Waals surface area contributed by atoms with E-state index < -0.39 is 0 Å². The second kappa shape index (κ2) is 6.38. The van der Waals surface area contributed by atoms with Gasteiger partial charge in [0.1, 0.15) is 6.07 Å². The Morgan fingerprint density at radius 2 is 2.00 bits per heavy atom. The molecule has 0 atom stereocenters. The van der Waals surface area contributed by atoms with Crippen molar-refractivity contribution in [1.82, 2.24) is 4.98 Å². The molecule has 0 radical (unpaired) electrons. The van der Waals surface area contributed by atoms with Crippen molar-refractivity contribution in [2.24, 2.45) is 0 Å². The second-order valence-electron chi connectivity index (χ2n) is 4.83. The first-order valence-corrected chi connectivity index (χ1v) is 7.75. The lowest BCUT2D eigenvalue weighted by molar-refractivity contribution is 0.863. The molecule has 21 heavy (non-hydrogen) atoms. The summed E-state index contributed by atoms with van der Waals surface area (Å²) in [5, 5.41) is 12.8. The Morgan fingerprint density at radius 1 is 1.14 bits per heavy atom. The van der Waals surface area contributed by atoms with Gasteiger partial charge in [0, 0.05) is 12.2 Å². The number of thiazole rings is 1. The fourth-order valence-electron chi connectivity index (χ4n) is 2.25. The molecule has 0 saturated heterocycles. The number of nitrogens with zero attached hydrogens (tertiary/aromatic N) is 2. The standard InChI is InChI=1S/C17H15N3S/c18-12-17-20-15-9-8-14(11-16(15)21-17)19-10-4-7-13-5-2-1-3-6-13/h1-3,5-6,8-9,11,19H,4,7,10H2. The summed E-state index contributed by atoms with van der Waals surface area (Å²) in [4.78, 5) is 4.24. The number of aryl methyl sites for hydroxylation is 1. The van der Waals surface area contributed by atoms with E-state index in [-0.39, 0.29) is 0 Å². The molecule has 0 aliphatic rings. The lowest BCUT2D eigenvalue weighted by atomic mass is 10.1. The average Bonchev–Trinajstić information content (AvgIpc) is 2.95. The predicted octanol–water partition coefficient (Wildman–Crippen LogP) is 4.21. The largest absolute Gasteiger partial charge is 0.385 e. The molecule has 104 valence electrons. The van der Waals surface area contributed by atoms with Gasteiger partial charge in [0.15, 0.2) is 5.01 Å². The van der Waals surface area contributed by atoms with Crippen LogP contribution in [0.3, 0.4) is 0 Å². The Morgan fingerprint density at radius 3 is 2.81 bits per heavy atom. The maximum absolute atomic E-state index is 8.87. The van der Waals surface area contributed by atoms with Gasteiger partial charge >= 0.3 is 0 Å². The van der Waals surface area contributed by atoms with Crippen molar-refractivity contribution in [2.75, 3.05) is 11.9 Å². The van der Waals surface area contributed by atoms with E-state index in [0.717, 1.165) is 35.3 Å². The lowest BCUT2D eigenvalue weighted by Gasteiger charge is -2.06. The summed E-state index contributed by atoms with van der Waals surface area (Å²) in [6, 6.07) is 18.7. The minimum atomic E-state index is 0.520. The topological polar surface area (TPSA) is 48.7 Å². The quantitative estimate of drug-likeness (QED) is 0.717. The van der Waals surface area contributed by atoms with Gasteiger partial charge in [-0.05, 0) is 36.6 Å². The number of aromatic nitrogens is 1. The van der Waals surface area contributed by atoms with Crippen molar-refractivity contribution in [3.63, 3.8) is 0 Å². The zero-order valence-electron chi connectivity index (χ0n) is 11.5. The smallest absolute Gasteiger partial charge is 0.195 e. The van der Waals surface area contributed by atoms with E-state index in [9.17, 15) is 0 Å². The average molecular weight is 293 g/mol. The van der Waals surface area contributed by atoms with Crippen LogP contribution in [0.2, 0.25) is 0 Å². The van der Waals surface area contributed by atoms with Crippen molar-refractivity contribution in [1.29, 1.82) is 5.26 Å². The molecule has 3 rings (SSSR count). The van der Waals surface area contributed by atoms with E-state index in [4.69, 9.17) is 5.26 Å². The Kier molecular flexibility index (Phi) is 4.13. The predicted molar refractivity (Wildman–Crippen MR) is 87.6 cm³/mol. The molecule has 3 nitrogen and oxygen atoms in total. The van der Waals surface area contributed by atoms with Crippen LogP contribution in [-0.4, -0.2) is 11.5 Å². The Labute approximate surface area is 127 Å². The number of nitrogens with one attached hydrogen (secondary N) is 1. The lowest BCUT2D eigenvalue weighted by Crippen LogP contribution is -2.02. The highest BCUT2D eigenvalue weighted by Gasteiger charge is 2.03.